The van der Waals surface area contributed by atoms with E-state index in [1.807, 2.05) is 121 Å². The Bertz CT molecular complexity index is 999. The fourth-order valence-corrected chi connectivity index (χ4v) is 11.0. The molecular formula is C25H24O4Si2. The lowest BCUT2D eigenvalue weighted by Gasteiger charge is -2.37. The van der Waals surface area contributed by atoms with Crippen molar-refractivity contribution in [1.82, 2.24) is 0 Å². The van der Waals surface area contributed by atoms with Crippen molar-refractivity contribution in [3.05, 3.63) is 121 Å². The van der Waals surface area contributed by atoms with E-state index in [4.69, 9.17) is 13.6 Å². The highest BCUT2D eigenvalue weighted by molar-refractivity contribution is 7.03. The van der Waals surface area contributed by atoms with Gasteiger partial charge in [0, 0.05) is 0 Å². The Morgan fingerprint density at radius 3 is 1.16 bits per heavy atom. The second-order valence-corrected chi connectivity index (χ2v) is 12.9. The van der Waals surface area contributed by atoms with Crippen LogP contribution in [-0.4, -0.2) is 29.0 Å². The molecule has 6 heteroatoms. The monoisotopic (exact) mass is 444 g/mol. The fourth-order valence-electron chi connectivity index (χ4n) is 3.65. The third-order valence-corrected chi connectivity index (χ3v) is 12.3. The molecule has 0 aliphatic carbocycles. The Hall–Kier alpha value is -2.85. The zero-order valence-corrected chi connectivity index (χ0v) is 19.2. The molecule has 0 spiro atoms. The summed E-state index contributed by atoms with van der Waals surface area (Å²) in [5, 5.41) is 3.18. The summed E-state index contributed by atoms with van der Waals surface area (Å²) in [5.74, 6) is 0. The summed E-state index contributed by atoms with van der Waals surface area (Å²) in [6, 6.07) is 38.6. The molecule has 31 heavy (non-hydrogen) atoms. The normalized spacial score (nSPS) is 11.9. The highest BCUT2D eigenvalue weighted by atomic mass is 28.5. The van der Waals surface area contributed by atoms with Gasteiger partial charge in [0.1, 0.15) is 0 Å². The highest BCUT2D eigenvalue weighted by Gasteiger charge is 2.53. The van der Waals surface area contributed by atoms with Gasteiger partial charge in [-0.1, -0.05) is 121 Å². The van der Waals surface area contributed by atoms with Gasteiger partial charge < -0.3 is 8.91 Å². The van der Waals surface area contributed by atoms with Crippen molar-refractivity contribution in [1.29, 1.82) is 0 Å². The van der Waals surface area contributed by atoms with Crippen LogP contribution in [0.15, 0.2) is 121 Å². The van der Waals surface area contributed by atoms with Crippen LogP contribution in [0, 0.1) is 0 Å². The van der Waals surface area contributed by atoms with E-state index in [2.05, 4.69) is 0 Å². The third kappa shape index (κ3) is 4.31. The lowest BCUT2D eigenvalue weighted by molar-refractivity contribution is -0.197. The topological polar surface area (TPSA) is 47.9 Å². The molecule has 0 bridgehead atoms. The Kier molecular flexibility index (Phi) is 6.57. The minimum absolute atomic E-state index is 0.740. The first-order valence-corrected chi connectivity index (χ1v) is 13.7. The van der Waals surface area contributed by atoms with Gasteiger partial charge in [-0.05, 0) is 20.7 Å². The summed E-state index contributed by atoms with van der Waals surface area (Å²) >= 11 is 0. The lowest BCUT2D eigenvalue weighted by Crippen LogP contribution is -2.74. The van der Waals surface area contributed by atoms with Crippen molar-refractivity contribution in [3.8, 4) is 0 Å². The van der Waals surface area contributed by atoms with E-state index in [9.17, 15) is 4.80 Å². The van der Waals surface area contributed by atoms with E-state index in [0.29, 0.717) is 0 Å². The molecule has 0 unspecified atom stereocenters. The molecule has 0 aliphatic rings. The Morgan fingerprint density at radius 2 is 0.839 bits per heavy atom. The van der Waals surface area contributed by atoms with Crippen LogP contribution in [-0.2, 0) is 13.6 Å². The van der Waals surface area contributed by atoms with E-state index < -0.39 is 17.1 Å². The molecule has 4 aromatic carbocycles. The maximum Gasteiger partial charge on any atom is 0.432 e. The number of benzene rings is 4. The molecule has 0 saturated carbocycles. The SMILES string of the molecule is COO[Si](O[Si](O)(c1ccccc1)c1ccccc1)(c1ccccc1)c1ccccc1. The van der Waals surface area contributed by atoms with Crippen molar-refractivity contribution >= 4 is 37.9 Å². The summed E-state index contributed by atoms with van der Waals surface area (Å²) in [6.07, 6.45) is 0. The third-order valence-electron chi connectivity index (χ3n) is 5.13. The molecule has 0 amide bonds. The van der Waals surface area contributed by atoms with Gasteiger partial charge in [-0.25, -0.2) is 9.46 Å². The summed E-state index contributed by atoms with van der Waals surface area (Å²) < 4.78 is 12.9. The Balaban J connectivity index is 1.96. The van der Waals surface area contributed by atoms with Gasteiger partial charge >= 0.3 is 17.1 Å². The zero-order chi connectivity index (χ0) is 21.6. The van der Waals surface area contributed by atoms with Gasteiger partial charge in [-0.3, -0.25) is 0 Å². The molecule has 0 aliphatic heterocycles. The van der Waals surface area contributed by atoms with Crippen LogP contribution in [0.25, 0.3) is 0 Å². The molecule has 4 nitrogen and oxygen atoms in total. The predicted octanol–water partition coefficient (Wildman–Crippen LogP) is 2.09. The van der Waals surface area contributed by atoms with Gasteiger partial charge in [-0.15, -0.1) is 0 Å². The standard InChI is InChI=1S/C25H24O4Si2/c1-27-28-31(24-18-10-4-11-19-24,25-20-12-5-13-21-25)29-30(26,22-14-6-2-7-15-22)23-16-8-3-9-17-23/h2-21,26H,1H3. The molecule has 0 aromatic heterocycles. The molecule has 156 valence electrons. The van der Waals surface area contributed by atoms with Crippen LogP contribution < -0.4 is 20.7 Å². The summed E-state index contributed by atoms with van der Waals surface area (Å²) in [4.78, 5) is 17.5. The van der Waals surface area contributed by atoms with Crippen molar-refractivity contribution in [2.45, 2.75) is 0 Å². The van der Waals surface area contributed by atoms with Gasteiger partial charge in [0.15, 0.2) is 0 Å². The molecule has 0 fully saturated rings. The van der Waals surface area contributed by atoms with Crippen molar-refractivity contribution in [2.75, 3.05) is 7.11 Å². The smallest absolute Gasteiger partial charge is 0.404 e. The van der Waals surface area contributed by atoms with Gasteiger partial charge in [0.2, 0.25) is 0 Å². The van der Waals surface area contributed by atoms with Crippen molar-refractivity contribution in [3.63, 3.8) is 0 Å². The fraction of sp³-hybridized carbons (Fsp3) is 0.0400. The minimum Gasteiger partial charge on any atom is -0.404 e. The average molecular weight is 445 g/mol. The molecule has 0 saturated heterocycles. The van der Waals surface area contributed by atoms with Crippen LogP contribution in [0.1, 0.15) is 0 Å². The minimum atomic E-state index is -3.68. The molecule has 0 heterocycles. The number of rotatable bonds is 8. The second kappa shape index (κ2) is 9.53. The maximum atomic E-state index is 12.3. The summed E-state index contributed by atoms with van der Waals surface area (Å²) in [5.41, 5.74) is 0. The van der Waals surface area contributed by atoms with Crippen molar-refractivity contribution in [2.24, 2.45) is 0 Å². The van der Waals surface area contributed by atoms with Gasteiger partial charge in [0.25, 0.3) is 0 Å². The van der Waals surface area contributed by atoms with Crippen LogP contribution in [0.2, 0.25) is 0 Å². The molecular weight excluding hydrogens is 420 g/mol. The maximum absolute atomic E-state index is 12.3. The first kappa shape index (κ1) is 21.4. The Labute approximate surface area is 184 Å². The van der Waals surface area contributed by atoms with Gasteiger partial charge in [0.05, 0.1) is 7.11 Å². The molecule has 1 N–H and O–H groups in total. The van der Waals surface area contributed by atoms with E-state index in [1.165, 1.54) is 7.11 Å². The average Bonchev–Trinajstić information content (AvgIpc) is 2.86. The molecule has 0 radical (unpaired) electrons. The van der Waals surface area contributed by atoms with E-state index >= 15 is 0 Å². The molecule has 4 aromatic rings. The first-order chi connectivity index (χ1) is 15.2. The molecule has 4 rings (SSSR count). The summed E-state index contributed by atoms with van der Waals surface area (Å²) in [6.45, 7) is 0. The lowest BCUT2D eigenvalue weighted by atomic mass is 10.4. The Morgan fingerprint density at radius 1 is 0.516 bits per heavy atom. The first-order valence-electron chi connectivity index (χ1n) is 10.1. The van der Waals surface area contributed by atoms with E-state index in [-0.39, 0.29) is 0 Å². The van der Waals surface area contributed by atoms with Crippen LogP contribution in [0.4, 0.5) is 0 Å². The van der Waals surface area contributed by atoms with Gasteiger partial charge in [-0.2, -0.15) is 0 Å². The number of hydrogen-bond acceptors (Lipinski definition) is 4. The van der Waals surface area contributed by atoms with E-state index in [1.54, 1.807) is 0 Å². The van der Waals surface area contributed by atoms with Crippen LogP contribution in [0.3, 0.4) is 0 Å². The predicted molar refractivity (Wildman–Crippen MR) is 127 cm³/mol. The molecule has 0 atom stereocenters. The number of hydrogen-bond donors (Lipinski definition) is 1. The zero-order valence-electron chi connectivity index (χ0n) is 17.2. The van der Waals surface area contributed by atoms with Crippen LogP contribution >= 0.6 is 0 Å². The second-order valence-electron chi connectivity index (χ2n) is 7.08. The largest absolute Gasteiger partial charge is 0.432 e. The summed E-state index contributed by atoms with van der Waals surface area (Å²) in [7, 11) is -5.67. The quantitative estimate of drug-likeness (QED) is 0.257. The van der Waals surface area contributed by atoms with Crippen LogP contribution in [0.5, 0.6) is 0 Å². The highest BCUT2D eigenvalue weighted by Crippen LogP contribution is 2.17. The van der Waals surface area contributed by atoms with Crippen molar-refractivity contribution < 1.29 is 18.4 Å². The van der Waals surface area contributed by atoms with E-state index in [0.717, 1.165) is 20.7 Å².